The summed E-state index contributed by atoms with van der Waals surface area (Å²) >= 11 is 0. The molecule has 0 aliphatic rings. The van der Waals surface area contributed by atoms with Crippen LogP contribution in [-0.2, 0) is 14.4 Å². The van der Waals surface area contributed by atoms with Crippen molar-refractivity contribution in [1.29, 1.82) is 0 Å². The fraction of sp³-hybridized carbons (Fsp3) is 0.625. The predicted octanol–water partition coefficient (Wildman–Crippen LogP) is -1.85. The van der Waals surface area contributed by atoms with Gasteiger partial charge >= 0.3 is 0 Å². The molecule has 6 nitrogen and oxygen atoms in total. The van der Waals surface area contributed by atoms with Crippen molar-refractivity contribution in [3.05, 3.63) is 0 Å². The van der Waals surface area contributed by atoms with Crippen LogP contribution in [0, 0.1) is 0 Å². The molecule has 2 atom stereocenters. The molecule has 0 aromatic rings. The molecule has 0 aliphatic carbocycles. The van der Waals surface area contributed by atoms with E-state index in [0.717, 1.165) is 0 Å². The van der Waals surface area contributed by atoms with Crippen LogP contribution in [0.3, 0.4) is 0 Å². The molecule has 0 saturated heterocycles. The Kier molecular flexibility index (Phi) is 5.47. The molecular weight excluding hydrogens is 186 g/mol. The Balaban J connectivity index is 3.99. The van der Waals surface area contributed by atoms with Crippen molar-refractivity contribution < 1.29 is 14.4 Å². The summed E-state index contributed by atoms with van der Waals surface area (Å²) in [6.07, 6.45) is 0.607. The van der Waals surface area contributed by atoms with Crippen LogP contribution in [0.2, 0.25) is 0 Å². The Hall–Kier alpha value is -1.43. The second kappa shape index (κ2) is 6.09. The monoisotopic (exact) mass is 201 g/mol. The van der Waals surface area contributed by atoms with E-state index in [9.17, 15) is 14.4 Å². The standard InChI is InChI=1S/C8H15N3O3/c1-5(4-12)10-8(14)6(2)11-7(13)3-9/h4-6H,3,9H2,1-2H3,(H,10,14)(H,11,13)/t5-,6-/m0/s1. The molecule has 80 valence electrons. The van der Waals surface area contributed by atoms with Crippen molar-refractivity contribution in [3.63, 3.8) is 0 Å². The first-order valence-electron chi connectivity index (χ1n) is 4.26. The molecule has 0 heterocycles. The molecule has 0 spiro atoms. The molecular formula is C8H15N3O3. The van der Waals surface area contributed by atoms with E-state index in [0.29, 0.717) is 6.29 Å². The van der Waals surface area contributed by atoms with Gasteiger partial charge in [0.1, 0.15) is 12.3 Å². The summed E-state index contributed by atoms with van der Waals surface area (Å²) in [7, 11) is 0. The second-order valence-corrected chi connectivity index (χ2v) is 2.93. The van der Waals surface area contributed by atoms with E-state index in [1.807, 2.05) is 0 Å². The van der Waals surface area contributed by atoms with Crippen molar-refractivity contribution in [2.75, 3.05) is 6.54 Å². The summed E-state index contributed by atoms with van der Waals surface area (Å²) in [5.74, 6) is -0.821. The molecule has 0 saturated carbocycles. The highest BCUT2D eigenvalue weighted by Crippen LogP contribution is 1.84. The molecule has 0 rings (SSSR count). The van der Waals surface area contributed by atoms with E-state index in [-0.39, 0.29) is 6.54 Å². The summed E-state index contributed by atoms with van der Waals surface area (Å²) in [5, 5.41) is 4.76. The Morgan fingerprint density at radius 1 is 1.36 bits per heavy atom. The first-order valence-corrected chi connectivity index (χ1v) is 4.26. The average Bonchev–Trinajstić information content (AvgIpc) is 2.17. The maximum atomic E-state index is 11.2. The number of carbonyl (C=O) groups excluding carboxylic acids is 3. The van der Waals surface area contributed by atoms with E-state index >= 15 is 0 Å². The third-order valence-corrected chi connectivity index (χ3v) is 1.53. The van der Waals surface area contributed by atoms with Crippen LogP contribution in [-0.4, -0.2) is 36.7 Å². The number of rotatable bonds is 5. The third kappa shape index (κ3) is 4.56. The molecule has 0 aliphatic heterocycles. The van der Waals surface area contributed by atoms with Crippen LogP contribution in [0.5, 0.6) is 0 Å². The maximum absolute atomic E-state index is 11.2. The minimum atomic E-state index is -0.687. The lowest BCUT2D eigenvalue weighted by atomic mass is 10.2. The van der Waals surface area contributed by atoms with E-state index in [4.69, 9.17) is 5.73 Å². The second-order valence-electron chi connectivity index (χ2n) is 2.93. The minimum Gasteiger partial charge on any atom is -0.345 e. The summed E-state index contributed by atoms with van der Waals surface area (Å²) in [6, 6.07) is -1.24. The molecule has 6 heteroatoms. The topological polar surface area (TPSA) is 101 Å². The van der Waals surface area contributed by atoms with E-state index in [1.54, 1.807) is 6.92 Å². The number of hydrogen-bond donors (Lipinski definition) is 3. The number of hydrogen-bond acceptors (Lipinski definition) is 4. The Bertz CT molecular complexity index is 230. The smallest absolute Gasteiger partial charge is 0.242 e. The zero-order valence-corrected chi connectivity index (χ0v) is 8.24. The Morgan fingerprint density at radius 3 is 2.36 bits per heavy atom. The zero-order chi connectivity index (χ0) is 11.1. The molecule has 4 N–H and O–H groups in total. The Morgan fingerprint density at radius 2 is 1.93 bits per heavy atom. The molecule has 0 aromatic carbocycles. The van der Waals surface area contributed by atoms with Crippen LogP contribution in [0.1, 0.15) is 13.8 Å². The quantitative estimate of drug-likeness (QED) is 0.454. The first-order chi connectivity index (χ1) is 6.51. The predicted molar refractivity (Wildman–Crippen MR) is 50.3 cm³/mol. The Labute approximate surface area is 82.2 Å². The summed E-state index contributed by atoms with van der Waals surface area (Å²) in [4.78, 5) is 32.3. The highest BCUT2D eigenvalue weighted by molar-refractivity contribution is 5.89. The van der Waals surface area contributed by atoms with Gasteiger partial charge in [0, 0.05) is 0 Å². The minimum absolute atomic E-state index is 0.166. The van der Waals surface area contributed by atoms with Crippen LogP contribution in [0.4, 0.5) is 0 Å². The van der Waals surface area contributed by atoms with Gasteiger partial charge in [-0.05, 0) is 13.8 Å². The zero-order valence-electron chi connectivity index (χ0n) is 8.24. The summed E-state index contributed by atoms with van der Waals surface area (Å²) in [6.45, 7) is 2.89. The summed E-state index contributed by atoms with van der Waals surface area (Å²) < 4.78 is 0. The van der Waals surface area contributed by atoms with E-state index in [2.05, 4.69) is 10.6 Å². The van der Waals surface area contributed by atoms with Gasteiger partial charge in [-0.25, -0.2) is 0 Å². The van der Waals surface area contributed by atoms with Gasteiger partial charge in [-0.1, -0.05) is 0 Å². The first kappa shape index (κ1) is 12.6. The van der Waals surface area contributed by atoms with Crippen LogP contribution < -0.4 is 16.4 Å². The molecule has 0 bridgehead atoms. The summed E-state index contributed by atoms with van der Waals surface area (Å²) in [5.41, 5.74) is 5.05. The molecule has 2 amide bonds. The normalized spacial score (nSPS) is 13.9. The van der Waals surface area contributed by atoms with Crippen LogP contribution in [0.15, 0.2) is 0 Å². The van der Waals surface area contributed by atoms with Crippen molar-refractivity contribution in [2.24, 2.45) is 5.73 Å². The van der Waals surface area contributed by atoms with Gasteiger partial charge in [0.2, 0.25) is 11.8 Å². The molecule has 0 unspecified atom stereocenters. The van der Waals surface area contributed by atoms with Crippen molar-refractivity contribution in [1.82, 2.24) is 10.6 Å². The fourth-order valence-electron chi connectivity index (χ4n) is 0.749. The van der Waals surface area contributed by atoms with Gasteiger partial charge in [0.05, 0.1) is 12.6 Å². The van der Waals surface area contributed by atoms with E-state index in [1.165, 1.54) is 6.92 Å². The van der Waals surface area contributed by atoms with Gasteiger partial charge in [-0.15, -0.1) is 0 Å². The molecule has 0 aromatic heterocycles. The van der Waals surface area contributed by atoms with E-state index < -0.39 is 23.9 Å². The number of carbonyl (C=O) groups is 3. The van der Waals surface area contributed by atoms with Crippen molar-refractivity contribution >= 4 is 18.1 Å². The van der Waals surface area contributed by atoms with Gasteiger partial charge in [-0.2, -0.15) is 0 Å². The van der Waals surface area contributed by atoms with Crippen molar-refractivity contribution in [3.8, 4) is 0 Å². The average molecular weight is 201 g/mol. The molecule has 14 heavy (non-hydrogen) atoms. The van der Waals surface area contributed by atoms with Gasteiger partial charge < -0.3 is 21.2 Å². The van der Waals surface area contributed by atoms with Crippen LogP contribution in [0.25, 0.3) is 0 Å². The van der Waals surface area contributed by atoms with Crippen LogP contribution >= 0.6 is 0 Å². The maximum Gasteiger partial charge on any atom is 0.242 e. The van der Waals surface area contributed by atoms with Gasteiger partial charge in [0.25, 0.3) is 0 Å². The lowest BCUT2D eigenvalue weighted by Gasteiger charge is -2.14. The fourth-order valence-corrected chi connectivity index (χ4v) is 0.749. The largest absolute Gasteiger partial charge is 0.345 e. The molecule has 0 fully saturated rings. The number of aldehydes is 1. The SMILES string of the molecule is C[C@H](NC(=O)CN)C(=O)N[C@@H](C)C=O. The number of nitrogens with one attached hydrogen (secondary N) is 2. The highest BCUT2D eigenvalue weighted by atomic mass is 16.2. The lowest BCUT2D eigenvalue weighted by molar-refractivity contribution is -0.129. The lowest BCUT2D eigenvalue weighted by Crippen LogP contribution is -2.49. The van der Waals surface area contributed by atoms with Gasteiger partial charge in [-0.3, -0.25) is 9.59 Å². The number of amides is 2. The van der Waals surface area contributed by atoms with Gasteiger partial charge in [0.15, 0.2) is 0 Å². The highest BCUT2D eigenvalue weighted by Gasteiger charge is 2.15. The molecule has 0 radical (unpaired) electrons. The van der Waals surface area contributed by atoms with Crippen molar-refractivity contribution in [2.45, 2.75) is 25.9 Å². The third-order valence-electron chi connectivity index (χ3n) is 1.53. The number of nitrogens with two attached hydrogens (primary N) is 1.